The number of morpholine rings is 1. The number of hydrogen-bond acceptors (Lipinski definition) is 7. The van der Waals surface area contributed by atoms with Gasteiger partial charge in [0.2, 0.25) is 0 Å². The van der Waals surface area contributed by atoms with Crippen LogP contribution in [0.4, 0.5) is 4.39 Å². The van der Waals surface area contributed by atoms with Crippen LogP contribution in [0.25, 0.3) is 0 Å². The predicted molar refractivity (Wildman–Crippen MR) is 111 cm³/mol. The maximum Gasteiger partial charge on any atom is 0.263 e. The van der Waals surface area contributed by atoms with Crippen LogP contribution in [0.2, 0.25) is 0 Å². The van der Waals surface area contributed by atoms with Crippen LogP contribution < -0.4 is 4.74 Å². The third-order valence-corrected chi connectivity index (χ3v) is 5.48. The number of ketones is 1. The number of Topliss-reactive ketones (excluding diaryl/α,β-unsaturated/α-hetero) is 1. The van der Waals surface area contributed by atoms with Crippen molar-refractivity contribution in [3.63, 3.8) is 0 Å². The van der Waals surface area contributed by atoms with Crippen LogP contribution in [0.15, 0.2) is 40.9 Å². The average Bonchev–Trinajstić information content (AvgIpc) is 3.28. The second kappa shape index (κ2) is 10.3. The van der Waals surface area contributed by atoms with E-state index < -0.39 is 5.82 Å². The Balaban J connectivity index is 1.50. The normalized spacial score (nSPS) is 17.0. The lowest BCUT2D eigenvalue weighted by Crippen LogP contribution is -2.48. The molecule has 1 fully saturated rings. The Morgan fingerprint density at radius 3 is 2.90 bits per heavy atom. The van der Waals surface area contributed by atoms with E-state index in [4.69, 9.17) is 14.3 Å². The highest BCUT2D eigenvalue weighted by molar-refractivity contribution is 7.12. The zero-order valence-corrected chi connectivity index (χ0v) is 17.6. The maximum absolute atomic E-state index is 13.4. The van der Waals surface area contributed by atoms with E-state index >= 15 is 0 Å². The van der Waals surface area contributed by atoms with Crippen molar-refractivity contribution in [2.24, 2.45) is 5.16 Å². The van der Waals surface area contributed by atoms with Gasteiger partial charge >= 0.3 is 0 Å². The molecule has 1 aromatic carbocycles. The van der Waals surface area contributed by atoms with Crippen molar-refractivity contribution in [2.75, 3.05) is 32.9 Å². The fraction of sp³-hybridized carbons (Fsp3) is 0.381. The highest BCUT2D eigenvalue weighted by Crippen LogP contribution is 2.21. The van der Waals surface area contributed by atoms with Crippen LogP contribution in [-0.4, -0.2) is 61.3 Å². The molecule has 0 N–H and O–H groups in total. The number of hydrogen-bond donors (Lipinski definition) is 0. The van der Waals surface area contributed by atoms with Crippen LogP contribution in [0.1, 0.15) is 29.1 Å². The Kier molecular flexibility index (Phi) is 7.53. The smallest absolute Gasteiger partial charge is 0.263 e. The van der Waals surface area contributed by atoms with Crippen molar-refractivity contribution in [2.45, 2.75) is 20.0 Å². The molecule has 1 aliphatic rings. The highest BCUT2D eigenvalue weighted by Gasteiger charge is 2.25. The van der Waals surface area contributed by atoms with E-state index in [1.54, 1.807) is 16.2 Å². The lowest BCUT2D eigenvalue weighted by atomic mass is 10.1. The molecule has 1 amide bonds. The maximum atomic E-state index is 13.4. The first-order valence-electron chi connectivity index (χ1n) is 9.47. The summed E-state index contributed by atoms with van der Waals surface area (Å²) in [5.74, 6) is -0.702. The van der Waals surface area contributed by atoms with E-state index in [1.807, 2.05) is 24.4 Å². The number of carbonyl (C=O) groups is 2. The minimum absolute atomic E-state index is 0.131. The molecule has 1 aromatic heterocycles. The summed E-state index contributed by atoms with van der Waals surface area (Å²) in [6.07, 6.45) is -0.371. The van der Waals surface area contributed by atoms with Crippen molar-refractivity contribution >= 4 is 28.7 Å². The number of oxime groups is 1. The van der Waals surface area contributed by atoms with Gasteiger partial charge in [-0.1, -0.05) is 11.2 Å². The molecule has 1 unspecified atom stereocenters. The van der Waals surface area contributed by atoms with Gasteiger partial charge in [0.25, 0.3) is 5.91 Å². The van der Waals surface area contributed by atoms with Gasteiger partial charge in [0.05, 0.1) is 29.3 Å². The summed E-state index contributed by atoms with van der Waals surface area (Å²) in [5, 5.41) is 5.94. The fourth-order valence-corrected chi connectivity index (χ4v) is 3.61. The Bertz CT molecular complexity index is 916. The van der Waals surface area contributed by atoms with E-state index in [0.717, 1.165) is 10.9 Å². The number of amides is 1. The first-order valence-corrected chi connectivity index (χ1v) is 10.3. The Morgan fingerprint density at radius 2 is 2.17 bits per heavy atom. The number of nitrogens with zero attached hydrogens (tertiary/aromatic N) is 2. The predicted octanol–water partition coefficient (Wildman–Crippen LogP) is 3.14. The van der Waals surface area contributed by atoms with Crippen LogP contribution in [0.5, 0.6) is 5.75 Å². The number of benzene rings is 1. The molecular weight excluding hydrogens is 411 g/mol. The van der Waals surface area contributed by atoms with Crippen molar-refractivity contribution in [1.82, 2.24) is 4.90 Å². The van der Waals surface area contributed by atoms with Crippen molar-refractivity contribution in [1.29, 1.82) is 0 Å². The molecule has 2 aromatic rings. The Hall–Kier alpha value is -2.78. The number of rotatable bonds is 8. The second-order valence-corrected chi connectivity index (χ2v) is 7.72. The summed E-state index contributed by atoms with van der Waals surface area (Å²) < 4.78 is 24.7. The molecule has 0 radical (unpaired) electrons. The highest BCUT2D eigenvalue weighted by atomic mass is 32.1. The molecular formula is C21H23FN2O5S. The van der Waals surface area contributed by atoms with Gasteiger partial charge in [-0.2, -0.15) is 0 Å². The zero-order chi connectivity index (χ0) is 21.5. The number of ether oxygens (including phenoxy) is 2. The van der Waals surface area contributed by atoms with E-state index in [9.17, 15) is 14.0 Å². The molecule has 0 bridgehead atoms. The van der Waals surface area contributed by atoms with Crippen molar-refractivity contribution in [3.8, 4) is 5.75 Å². The second-order valence-electron chi connectivity index (χ2n) is 6.77. The summed E-state index contributed by atoms with van der Waals surface area (Å²) in [4.78, 5) is 31.9. The van der Waals surface area contributed by atoms with Gasteiger partial charge in [0.1, 0.15) is 24.3 Å². The molecule has 1 atom stereocenters. The molecule has 0 spiro atoms. The summed E-state index contributed by atoms with van der Waals surface area (Å²) in [6.45, 7) is 4.27. The molecule has 9 heteroatoms. The summed E-state index contributed by atoms with van der Waals surface area (Å²) in [6, 6.07) is 7.64. The van der Waals surface area contributed by atoms with Crippen molar-refractivity contribution in [3.05, 3.63) is 52.0 Å². The van der Waals surface area contributed by atoms with Crippen molar-refractivity contribution < 1.29 is 28.3 Å². The average molecular weight is 434 g/mol. The molecule has 3 rings (SSSR count). The van der Waals surface area contributed by atoms with Gasteiger partial charge in [-0.3, -0.25) is 9.59 Å². The van der Waals surface area contributed by atoms with Gasteiger partial charge in [-0.25, -0.2) is 4.39 Å². The van der Waals surface area contributed by atoms with Gasteiger partial charge < -0.3 is 19.2 Å². The summed E-state index contributed by atoms with van der Waals surface area (Å²) >= 11 is 1.55. The number of carbonyl (C=O) groups excluding carboxylic acids is 2. The van der Waals surface area contributed by atoms with Gasteiger partial charge in [0, 0.05) is 6.54 Å². The summed E-state index contributed by atoms with van der Waals surface area (Å²) in [7, 11) is 0. The van der Waals surface area contributed by atoms with E-state index in [2.05, 4.69) is 5.16 Å². The van der Waals surface area contributed by atoms with Crippen LogP contribution in [-0.2, 0) is 14.4 Å². The molecule has 1 saturated heterocycles. The van der Waals surface area contributed by atoms with Crippen LogP contribution >= 0.6 is 11.3 Å². The van der Waals surface area contributed by atoms with E-state index in [-0.39, 0.29) is 42.3 Å². The standard InChI is InChI=1S/C21H23FN2O5S/c1-14(20-4-3-9-30-20)23-29-13-21(26)24-7-8-27-17(11-24)12-28-19-6-5-16(22)10-18(19)15(2)25/h3-6,9-10,17H,7-8,11-13H2,1-2H3. The largest absolute Gasteiger partial charge is 0.490 e. The molecule has 2 heterocycles. The third-order valence-electron chi connectivity index (χ3n) is 4.50. The first kappa shape index (κ1) is 21.9. The first-order chi connectivity index (χ1) is 14.4. The molecule has 1 aliphatic heterocycles. The molecule has 30 heavy (non-hydrogen) atoms. The minimum atomic E-state index is -0.504. The molecule has 0 aliphatic carbocycles. The molecule has 0 saturated carbocycles. The monoisotopic (exact) mass is 434 g/mol. The van der Waals surface area contributed by atoms with Crippen LogP contribution in [0.3, 0.4) is 0 Å². The lowest BCUT2D eigenvalue weighted by molar-refractivity contribution is -0.144. The summed E-state index contributed by atoms with van der Waals surface area (Å²) in [5.41, 5.74) is 0.887. The Labute approximate surface area is 178 Å². The van der Waals surface area contributed by atoms with E-state index in [1.165, 1.54) is 19.1 Å². The Morgan fingerprint density at radius 1 is 1.33 bits per heavy atom. The molecule has 7 nitrogen and oxygen atoms in total. The van der Waals surface area contributed by atoms with E-state index in [0.29, 0.717) is 25.4 Å². The fourth-order valence-electron chi connectivity index (χ4n) is 2.94. The lowest BCUT2D eigenvalue weighted by Gasteiger charge is -2.32. The quantitative estimate of drug-likeness (QED) is 0.362. The van der Waals surface area contributed by atoms with Gasteiger partial charge in [-0.15, -0.1) is 11.3 Å². The van der Waals surface area contributed by atoms with Gasteiger partial charge in [0.15, 0.2) is 12.4 Å². The van der Waals surface area contributed by atoms with Crippen LogP contribution in [0, 0.1) is 5.82 Å². The molecule has 160 valence electrons. The topological polar surface area (TPSA) is 77.4 Å². The van der Waals surface area contributed by atoms with Gasteiger partial charge in [-0.05, 0) is 43.5 Å². The zero-order valence-electron chi connectivity index (χ0n) is 16.8. The number of halogens is 1. The SMILES string of the molecule is CC(=O)c1cc(F)ccc1OCC1CN(C(=O)CON=C(C)c2cccs2)CCO1. The third kappa shape index (κ3) is 5.87. The minimum Gasteiger partial charge on any atom is -0.490 e. The number of thiophene rings is 1.